The van der Waals surface area contributed by atoms with E-state index >= 15 is 0 Å². The number of carboxylic acid groups (broad SMARTS) is 1. The summed E-state index contributed by atoms with van der Waals surface area (Å²) in [5, 5.41) is 14.7. The van der Waals surface area contributed by atoms with Crippen molar-refractivity contribution in [3.63, 3.8) is 0 Å². The number of amides is 2. The van der Waals surface area contributed by atoms with E-state index < -0.39 is 5.97 Å². The van der Waals surface area contributed by atoms with Crippen molar-refractivity contribution < 1.29 is 14.7 Å². The van der Waals surface area contributed by atoms with E-state index in [1.807, 2.05) is 24.3 Å². The van der Waals surface area contributed by atoms with Crippen LogP contribution in [0.15, 0.2) is 24.3 Å². The maximum absolute atomic E-state index is 11.9. The highest BCUT2D eigenvalue weighted by Gasteiger charge is 2.26. The molecule has 1 aromatic carbocycles. The van der Waals surface area contributed by atoms with Crippen LogP contribution < -0.4 is 10.6 Å². The van der Waals surface area contributed by atoms with E-state index in [2.05, 4.69) is 33.2 Å². The van der Waals surface area contributed by atoms with E-state index in [-0.39, 0.29) is 18.0 Å². The summed E-state index contributed by atoms with van der Waals surface area (Å²) in [6, 6.07) is 7.39. The molecule has 0 unspecified atom stereocenters. The van der Waals surface area contributed by atoms with Crippen LogP contribution >= 0.6 is 22.6 Å². The first-order chi connectivity index (χ1) is 9.56. The first kappa shape index (κ1) is 15.1. The average Bonchev–Trinajstić information content (AvgIpc) is 2.42. The van der Waals surface area contributed by atoms with Gasteiger partial charge in [0.1, 0.15) is 0 Å². The summed E-state index contributed by atoms with van der Waals surface area (Å²) < 4.78 is 0.981. The molecule has 0 aromatic heterocycles. The maximum Gasteiger partial charge on any atom is 0.319 e. The average molecular weight is 388 g/mol. The number of nitrogens with one attached hydrogen (secondary N) is 2. The van der Waals surface area contributed by atoms with Crippen molar-refractivity contribution in [1.29, 1.82) is 0 Å². The number of carboxylic acids is 1. The third-order valence-electron chi connectivity index (χ3n) is 3.53. The van der Waals surface area contributed by atoms with Crippen LogP contribution in [0.2, 0.25) is 0 Å². The fraction of sp³-hybridized carbons (Fsp3) is 0.429. The molecule has 1 saturated carbocycles. The third-order valence-corrected chi connectivity index (χ3v) is 4.47. The molecular weight excluding hydrogens is 371 g/mol. The van der Waals surface area contributed by atoms with Crippen LogP contribution in [-0.2, 0) is 4.79 Å². The van der Waals surface area contributed by atoms with Gasteiger partial charge in [-0.2, -0.15) is 0 Å². The second kappa shape index (κ2) is 6.92. The van der Waals surface area contributed by atoms with Gasteiger partial charge in [-0.05, 0) is 60.4 Å². The minimum Gasteiger partial charge on any atom is -0.481 e. The minimum absolute atomic E-state index is 0.0620. The fourth-order valence-electron chi connectivity index (χ4n) is 2.39. The van der Waals surface area contributed by atoms with Gasteiger partial charge in [-0.3, -0.25) is 4.79 Å². The van der Waals surface area contributed by atoms with Crippen molar-refractivity contribution in [2.24, 2.45) is 5.92 Å². The molecule has 0 bridgehead atoms. The van der Waals surface area contributed by atoms with E-state index in [1.54, 1.807) is 0 Å². The Hall–Kier alpha value is -1.31. The Morgan fingerprint density at radius 3 is 2.40 bits per heavy atom. The summed E-state index contributed by atoms with van der Waals surface area (Å²) in [7, 11) is 0. The summed E-state index contributed by atoms with van der Waals surface area (Å²) in [6.45, 7) is 0. The highest BCUT2D eigenvalue weighted by molar-refractivity contribution is 14.1. The fourth-order valence-corrected chi connectivity index (χ4v) is 2.91. The van der Waals surface area contributed by atoms with Crippen LogP contribution in [0.3, 0.4) is 0 Å². The molecule has 0 atom stereocenters. The van der Waals surface area contributed by atoms with E-state index in [1.165, 1.54) is 0 Å². The highest BCUT2D eigenvalue weighted by atomic mass is 127. The van der Waals surface area contributed by atoms with E-state index in [0.29, 0.717) is 12.8 Å². The molecule has 5 nitrogen and oxygen atoms in total. The van der Waals surface area contributed by atoms with Crippen LogP contribution in [0.25, 0.3) is 0 Å². The number of hydrogen-bond acceptors (Lipinski definition) is 2. The number of anilines is 1. The van der Waals surface area contributed by atoms with Gasteiger partial charge in [0.05, 0.1) is 11.6 Å². The standard InChI is InChI=1S/C14H17IN2O3/c15-11-3-1-2-4-12(11)17-14(20)16-10-7-5-9(6-8-10)13(18)19/h1-4,9-10H,5-8H2,(H,18,19)(H2,16,17,20). The molecule has 1 aliphatic carbocycles. The number of carbonyl (C=O) groups excluding carboxylic acids is 1. The Labute approximate surface area is 131 Å². The molecule has 1 aliphatic rings. The molecule has 0 spiro atoms. The summed E-state index contributed by atoms with van der Waals surface area (Å²) in [5.74, 6) is -0.988. The zero-order chi connectivity index (χ0) is 14.5. The number of aliphatic carboxylic acids is 1. The zero-order valence-electron chi connectivity index (χ0n) is 10.9. The lowest BCUT2D eigenvalue weighted by Gasteiger charge is -2.26. The van der Waals surface area contributed by atoms with Crippen LogP contribution in [0, 0.1) is 9.49 Å². The Kier molecular flexibility index (Phi) is 5.22. The monoisotopic (exact) mass is 388 g/mol. The minimum atomic E-state index is -0.730. The lowest BCUT2D eigenvalue weighted by atomic mass is 9.86. The number of carbonyl (C=O) groups is 2. The normalized spacial score (nSPS) is 22.1. The summed E-state index contributed by atoms with van der Waals surface area (Å²) >= 11 is 2.17. The van der Waals surface area contributed by atoms with Crippen molar-refractivity contribution in [2.45, 2.75) is 31.7 Å². The van der Waals surface area contributed by atoms with Crippen molar-refractivity contribution in [1.82, 2.24) is 5.32 Å². The van der Waals surface area contributed by atoms with E-state index in [9.17, 15) is 9.59 Å². The summed E-state index contributed by atoms with van der Waals surface area (Å²) in [5.41, 5.74) is 0.782. The lowest BCUT2D eigenvalue weighted by Crippen LogP contribution is -2.41. The van der Waals surface area contributed by atoms with Gasteiger partial charge in [0.2, 0.25) is 0 Å². The number of hydrogen-bond donors (Lipinski definition) is 3. The van der Waals surface area contributed by atoms with Gasteiger partial charge in [-0.15, -0.1) is 0 Å². The largest absolute Gasteiger partial charge is 0.481 e. The molecule has 1 fully saturated rings. The molecule has 20 heavy (non-hydrogen) atoms. The van der Waals surface area contributed by atoms with Crippen LogP contribution in [0.1, 0.15) is 25.7 Å². The predicted molar refractivity (Wildman–Crippen MR) is 84.7 cm³/mol. The van der Waals surface area contributed by atoms with Crippen LogP contribution in [-0.4, -0.2) is 23.1 Å². The number of para-hydroxylation sites is 1. The number of rotatable bonds is 3. The van der Waals surface area contributed by atoms with Crippen molar-refractivity contribution in [3.05, 3.63) is 27.8 Å². The molecular formula is C14H17IN2O3. The van der Waals surface area contributed by atoms with E-state index in [4.69, 9.17) is 5.11 Å². The molecule has 0 aliphatic heterocycles. The molecule has 0 radical (unpaired) electrons. The van der Waals surface area contributed by atoms with Crippen molar-refractivity contribution in [3.8, 4) is 0 Å². The Balaban J connectivity index is 1.81. The number of halogens is 1. The maximum atomic E-state index is 11.9. The SMILES string of the molecule is O=C(Nc1ccccc1I)NC1CCC(C(=O)O)CC1. The van der Waals surface area contributed by atoms with E-state index in [0.717, 1.165) is 22.1 Å². The Morgan fingerprint density at radius 2 is 1.80 bits per heavy atom. The number of urea groups is 1. The first-order valence-electron chi connectivity index (χ1n) is 6.61. The second-order valence-electron chi connectivity index (χ2n) is 4.97. The van der Waals surface area contributed by atoms with Gasteiger partial charge >= 0.3 is 12.0 Å². The quantitative estimate of drug-likeness (QED) is 0.697. The van der Waals surface area contributed by atoms with Gasteiger partial charge in [0, 0.05) is 9.61 Å². The molecule has 0 saturated heterocycles. The van der Waals surface area contributed by atoms with Gasteiger partial charge < -0.3 is 15.7 Å². The highest BCUT2D eigenvalue weighted by Crippen LogP contribution is 2.24. The lowest BCUT2D eigenvalue weighted by molar-refractivity contribution is -0.142. The second-order valence-corrected chi connectivity index (χ2v) is 6.13. The Morgan fingerprint density at radius 1 is 1.15 bits per heavy atom. The molecule has 3 N–H and O–H groups in total. The van der Waals surface area contributed by atoms with Gasteiger partial charge in [0.25, 0.3) is 0 Å². The van der Waals surface area contributed by atoms with Gasteiger partial charge in [-0.25, -0.2) is 4.79 Å². The Bertz CT molecular complexity index is 499. The smallest absolute Gasteiger partial charge is 0.319 e. The first-order valence-corrected chi connectivity index (χ1v) is 7.69. The molecule has 6 heteroatoms. The van der Waals surface area contributed by atoms with Gasteiger partial charge in [-0.1, -0.05) is 12.1 Å². The third kappa shape index (κ3) is 4.09. The summed E-state index contributed by atoms with van der Waals surface area (Å²) in [6.07, 6.45) is 2.69. The van der Waals surface area contributed by atoms with Crippen molar-refractivity contribution >= 4 is 40.3 Å². The topological polar surface area (TPSA) is 78.4 Å². The predicted octanol–water partition coefficient (Wildman–Crippen LogP) is 3.06. The molecule has 2 rings (SSSR count). The molecule has 108 valence electrons. The van der Waals surface area contributed by atoms with Crippen molar-refractivity contribution in [2.75, 3.05) is 5.32 Å². The van der Waals surface area contributed by atoms with Gasteiger partial charge in [0.15, 0.2) is 0 Å². The zero-order valence-corrected chi connectivity index (χ0v) is 13.1. The van der Waals surface area contributed by atoms with Crippen LogP contribution in [0.4, 0.5) is 10.5 Å². The summed E-state index contributed by atoms with van der Waals surface area (Å²) in [4.78, 5) is 22.8. The number of benzene rings is 1. The molecule has 1 aromatic rings. The molecule has 2 amide bonds. The van der Waals surface area contributed by atoms with Crippen LogP contribution in [0.5, 0.6) is 0 Å². The molecule has 0 heterocycles.